The van der Waals surface area contributed by atoms with Gasteiger partial charge in [-0.15, -0.1) is 0 Å². The van der Waals surface area contributed by atoms with Gasteiger partial charge in [-0.2, -0.15) is 0 Å². The molecule has 98 valence electrons. The summed E-state index contributed by atoms with van der Waals surface area (Å²) in [6.45, 7) is 2.59. The van der Waals surface area contributed by atoms with Gasteiger partial charge in [0.1, 0.15) is 5.75 Å². The number of amides is 1. The van der Waals surface area contributed by atoms with E-state index in [-0.39, 0.29) is 29.5 Å². The lowest BCUT2D eigenvalue weighted by Crippen LogP contribution is -2.24. The van der Waals surface area contributed by atoms with Gasteiger partial charge in [0, 0.05) is 6.54 Å². The molecule has 0 aromatic heterocycles. The number of benzene rings is 1. The zero-order valence-corrected chi connectivity index (χ0v) is 10.7. The van der Waals surface area contributed by atoms with Crippen molar-refractivity contribution in [2.24, 2.45) is 0 Å². The van der Waals surface area contributed by atoms with Crippen LogP contribution in [0, 0.1) is 0 Å². The topological polar surface area (TPSA) is 75.6 Å². The van der Waals surface area contributed by atoms with E-state index in [9.17, 15) is 9.59 Å². The SMILES string of the molecule is CCNC(=O)CCOc1ccc(Cl)c(C(=O)O)c1. The highest BCUT2D eigenvalue weighted by Gasteiger charge is 2.10. The Morgan fingerprint density at radius 2 is 2.17 bits per heavy atom. The Morgan fingerprint density at radius 3 is 2.78 bits per heavy atom. The zero-order chi connectivity index (χ0) is 13.5. The van der Waals surface area contributed by atoms with Crippen molar-refractivity contribution in [3.8, 4) is 5.75 Å². The molecule has 0 fully saturated rings. The van der Waals surface area contributed by atoms with Crippen molar-refractivity contribution < 1.29 is 19.4 Å². The van der Waals surface area contributed by atoms with Gasteiger partial charge in [0.05, 0.1) is 23.6 Å². The molecule has 5 nitrogen and oxygen atoms in total. The highest BCUT2D eigenvalue weighted by atomic mass is 35.5. The third-order valence-corrected chi connectivity index (χ3v) is 2.47. The lowest BCUT2D eigenvalue weighted by atomic mass is 10.2. The Bertz CT molecular complexity index is 448. The van der Waals surface area contributed by atoms with E-state index in [0.29, 0.717) is 12.3 Å². The number of carboxylic acid groups (broad SMARTS) is 1. The first-order valence-corrected chi connectivity index (χ1v) is 5.84. The van der Waals surface area contributed by atoms with Crippen LogP contribution in [0.5, 0.6) is 5.75 Å². The first kappa shape index (κ1) is 14.3. The quantitative estimate of drug-likeness (QED) is 0.829. The summed E-state index contributed by atoms with van der Waals surface area (Å²) in [5.41, 5.74) is -0.0211. The number of hydrogen-bond acceptors (Lipinski definition) is 3. The van der Waals surface area contributed by atoms with Crippen LogP contribution >= 0.6 is 11.6 Å². The van der Waals surface area contributed by atoms with Gasteiger partial charge in [0.25, 0.3) is 0 Å². The van der Waals surface area contributed by atoms with E-state index < -0.39 is 5.97 Å². The van der Waals surface area contributed by atoms with E-state index in [2.05, 4.69) is 5.32 Å². The molecule has 18 heavy (non-hydrogen) atoms. The fourth-order valence-corrected chi connectivity index (χ4v) is 1.50. The van der Waals surface area contributed by atoms with E-state index in [0.717, 1.165) is 0 Å². The largest absolute Gasteiger partial charge is 0.493 e. The molecule has 1 aromatic carbocycles. The molecule has 1 aromatic rings. The molecule has 0 unspecified atom stereocenters. The van der Waals surface area contributed by atoms with Crippen molar-refractivity contribution >= 4 is 23.5 Å². The zero-order valence-electron chi connectivity index (χ0n) is 9.90. The van der Waals surface area contributed by atoms with Crippen molar-refractivity contribution in [2.75, 3.05) is 13.2 Å². The molecule has 0 atom stereocenters. The summed E-state index contributed by atoms with van der Waals surface area (Å²) in [5.74, 6) is -0.847. The van der Waals surface area contributed by atoms with Gasteiger partial charge in [-0.05, 0) is 25.1 Å². The van der Waals surface area contributed by atoms with Crippen LogP contribution in [0.25, 0.3) is 0 Å². The maximum atomic E-state index is 11.2. The van der Waals surface area contributed by atoms with E-state index in [1.54, 1.807) is 6.07 Å². The number of halogens is 1. The molecule has 0 aliphatic rings. The summed E-state index contributed by atoms with van der Waals surface area (Å²) < 4.78 is 5.29. The third kappa shape index (κ3) is 4.25. The molecule has 6 heteroatoms. The van der Waals surface area contributed by atoms with Crippen molar-refractivity contribution in [2.45, 2.75) is 13.3 Å². The number of hydrogen-bond donors (Lipinski definition) is 2. The molecule has 0 heterocycles. The standard InChI is InChI=1S/C12H14ClNO4/c1-2-14-11(15)5-6-18-8-3-4-10(13)9(7-8)12(16)17/h3-4,7H,2,5-6H2,1H3,(H,14,15)(H,16,17). The number of ether oxygens (including phenoxy) is 1. The minimum absolute atomic E-state index is 0.0211. The number of nitrogens with one attached hydrogen (secondary N) is 1. The second-order valence-corrected chi connectivity index (χ2v) is 3.91. The molecule has 0 aliphatic carbocycles. The predicted octanol–water partition coefficient (Wildman–Crippen LogP) is 1.94. The van der Waals surface area contributed by atoms with Crippen LogP contribution in [0.1, 0.15) is 23.7 Å². The molecule has 0 saturated heterocycles. The van der Waals surface area contributed by atoms with Crippen LogP contribution in [0.2, 0.25) is 5.02 Å². The monoisotopic (exact) mass is 271 g/mol. The van der Waals surface area contributed by atoms with Gasteiger partial charge in [-0.1, -0.05) is 11.6 Å². The van der Waals surface area contributed by atoms with Crippen LogP contribution in [-0.2, 0) is 4.79 Å². The third-order valence-electron chi connectivity index (χ3n) is 2.14. The number of carboxylic acids is 1. The molecule has 0 bridgehead atoms. The average molecular weight is 272 g/mol. The normalized spacial score (nSPS) is 9.89. The average Bonchev–Trinajstić information content (AvgIpc) is 2.31. The minimum Gasteiger partial charge on any atom is -0.493 e. The molecule has 2 N–H and O–H groups in total. The summed E-state index contributed by atoms with van der Waals surface area (Å²) in [6.07, 6.45) is 0.221. The second-order valence-electron chi connectivity index (χ2n) is 3.50. The summed E-state index contributed by atoms with van der Waals surface area (Å²) >= 11 is 5.72. The Balaban J connectivity index is 2.55. The number of rotatable bonds is 6. The van der Waals surface area contributed by atoms with Crippen LogP contribution in [0.4, 0.5) is 0 Å². The van der Waals surface area contributed by atoms with Gasteiger partial charge < -0.3 is 15.2 Å². The molecule has 0 aliphatic heterocycles. The number of carbonyl (C=O) groups is 2. The van der Waals surface area contributed by atoms with Gasteiger partial charge in [0.2, 0.25) is 5.91 Å². The first-order valence-electron chi connectivity index (χ1n) is 5.47. The van der Waals surface area contributed by atoms with Gasteiger partial charge in [-0.3, -0.25) is 4.79 Å². The molecule has 0 spiro atoms. The Morgan fingerprint density at radius 1 is 1.44 bits per heavy atom. The van der Waals surface area contributed by atoms with Crippen LogP contribution in [-0.4, -0.2) is 30.1 Å². The molecule has 1 rings (SSSR count). The molecule has 0 radical (unpaired) electrons. The first-order chi connectivity index (χ1) is 8.54. The molecule has 1 amide bonds. The van der Waals surface area contributed by atoms with Crippen molar-refractivity contribution in [3.05, 3.63) is 28.8 Å². The van der Waals surface area contributed by atoms with Crippen LogP contribution < -0.4 is 10.1 Å². The smallest absolute Gasteiger partial charge is 0.337 e. The van der Waals surface area contributed by atoms with Crippen LogP contribution in [0.15, 0.2) is 18.2 Å². The summed E-state index contributed by atoms with van der Waals surface area (Å²) in [4.78, 5) is 22.0. The predicted molar refractivity (Wildman–Crippen MR) is 67.2 cm³/mol. The van der Waals surface area contributed by atoms with Crippen molar-refractivity contribution in [1.29, 1.82) is 0 Å². The molecule has 0 saturated carbocycles. The van der Waals surface area contributed by atoms with Gasteiger partial charge >= 0.3 is 5.97 Å². The van der Waals surface area contributed by atoms with Gasteiger partial charge in [0.15, 0.2) is 0 Å². The van der Waals surface area contributed by atoms with Crippen LogP contribution in [0.3, 0.4) is 0 Å². The Hall–Kier alpha value is -1.75. The maximum Gasteiger partial charge on any atom is 0.337 e. The molecular weight excluding hydrogens is 258 g/mol. The van der Waals surface area contributed by atoms with E-state index in [1.165, 1.54) is 12.1 Å². The minimum atomic E-state index is -1.12. The maximum absolute atomic E-state index is 11.2. The second kappa shape index (κ2) is 6.86. The van der Waals surface area contributed by atoms with Crippen molar-refractivity contribution in [1.82, 2.24) is 5.32 Å². The highest BCUT2D eigenvalue weighted by Crippen LogP contribution is 2.22. The lowest BCUT2D eigenvalue weighted by Gasteiger charge is -2.07. The van der Waals surface area contributed by atoms with E-state index in [4.69, 9.17) is 21.4 Å². The summed E-state index contributed by atoms with van der Waals surface area (Å²) in [7, 11) is 0. The fraction of sp³-hybridized carbons (Fsp3) is 0.333. The number of aromatic carboxylic acids is 1. The van der Waals surface area contributed by atoms with Gasteiger partial charge in [-0.25, -0.2) is 4.79 Å². The lowest BCUT2D eigenvalue weighted by molar-refractivity contribution is -0.121. The number of carbonyl (C=O) groups excluding carboxylic acids is 1. The highest BCUT2D eigenvalue weighted by molar-refractivity contribution is 6.33. The summed E-state index contributed by atoms with van der Waals surface area (Å²) in [6, 6.07) is 4.35. The Kier molecular flexibility index (Phi) is 5.45. The van der Waals surface area contributed by atoms with E-state index in [1.807, 2.05) is 6.92 Å². The molecular formula is C12H14ClNO4. The van der Waals surface area contributed by atoms with E-state index >= 15 is 0 Å². The Labute approximate surface area is 110 Å². The van der Waals surface area contributed by atoms with Crippen molar-refractivity contribution in [3.63, 3.8) is 0 Å². The summed E-state index contributed by atoms with van der Waals surface area (Å²) in [5, 5.41) is 11.7. The fourth-order valence-electron chi connectivity index (χ4n) is 1.31.